The Hall–Kier alpha value is -0.500. The number of thioether (sulfide) groups is 1. The minimum atomic E-state index is -0.367. The average Bonchev–Trinajstić information content (AvgIpc) is 2.44. The largest absolute Gasteiger partial charge is 0.297 e. The number of nitrogens with zero attached hydrogens (tertiary/aromatic N) is 1. The quantitative estimate of drug-likeness (QED) is 0.527. The van der Waals surface area contributed by atoms with Gasteiger partial charge in [0.1, 0.15) is 5.54 Å². The molecule has 0 saturated heterocycles. The van der Waals surface area contributed by atoms with Crippen molar-refractivity contribution >= 4 is 27.7 Å². The Balaban J connectivity index is 2.41. The van der Waals surface area contributed by atoms with Crippen LogP contribution in [0.1, 0.15) is 40.0 Å². The molecular formula is C16H23BrN2S. The highest BCUT2D eigenvalue weighted by Gasteiger charge is 2.27. The molecule has 0 aliphatic carbocycles. The lowest BCUT2D eigenvalue weighted by Gasteiger charge is -2.29. The molecule has 1 aromatic carbocycles. The van der Waals surface area contributed by atoms with Crippen molar-refractivity contribution in [2.24, 2.45) is 0 Å². The molecule has 0 aromatic heterocycles. The molecule has 0 fully saturated rings. The molecule has 1 N–H and O–H groups in total. The van der Waals surface area contributed by atoms with E-state index in [0.29, 0.717) is 6.04 Å². The van der Waals surface area contributed by atoms with Crippen LogP contribution in [0.3, 0.4) is 0 Å². The molecule has 0 saturated carbocycles. The smallest absolute Gasteiger partial charge is 0.106 e. The van der Waals surface area contributed by atoms with E-state index in [1.807, 2.05) is 11.8 Å². The van der Waals surface area contributed by atoms with Crippen LogP contribution in [0.4, 0.5) is 0 Å². The molecule has 0 aliphatic rings. The van der Waals surface area contributed by atoms with Gasteiger partial charge in [-0.2, -0.15) is 5.26 Å². The second-order valence-electron chi connectivity index (χ2n) is 5.25. The van der Waals surface area contributed by atoms with Gasteiger partial charge in [0.2, 0.25) is 0 Å². The van der Waals surface area contributed by atoms with Crippen molar-refractivity contribution in [3.63, 3.8) is 0 Å². The molecule has 0 spiro atoms. The molecule has 0 radical (unpaired) electrons. The molecule has 1 atom stereocenters. The van der Waals surface area contributed by atoms with Gasteiger partial charge in [-0.05, 0) is 63.1 Å². The van der Waals surface area contributed by atoms with Crippen LogP contribution in [0.5, 0.6) is 0 Å². The number of halogens is 1. The van der Waals surface area contributed by atoms with Crippen molar-refractivity contribution in [2.75, 3.05) is 5.75 Å². The number of hydrogen-bond acceptors (Lipinski definition) is 3. The molecule has 0 bridgehead atoms. The first-order valence-electron chi connectivity index (χ1n) is 7.08. The summed E-state index contributed by atoms with van der Waals surface area (Å²) in [6, 6.07) is 11.2. The third-order valence-electron chi connectivity index (χ3n) is 3.21. The first-order valence-corrected chi connectivity index (χ1v) is 8.86. The summed E-state index contributed by atoms with van der Waals surface area (Å²) in [7, 11) is 0. The molecule has 110 valence electrons. The molecule has 0 amide bonds. The number of benzene rings is 1. The summed E-state index contributed by atoms with van der Waals surface area (Å²) < 4.78 is 1.11. The summed E-state index contributed by atoms with van der Waals surface area (Å²) in [4.78, 5) is 1.28. The normalized spacial score (nSPS) is 14.0. The van der Waals surface area contributed by atoms with Crippen LogP contribution in [0.15, 0.2) is 33.6 Å². The van der Waals surface area contributed by atoms with Crippen molar-refractivity contribution in [2.45, 2.75) is 56.5 Å². The van der Waals surface area contributed by atoms with E-state index >= 15 is 0 Å². The highest BCUT2D eigenvalue weighted by Crippen LogP contribution is 2.24. The second-order valence-corrected chi connectivity index (χ2v) is 7.34. The predicted molar refractivity (Wildman–Crippen MR) is 91.0 cm³/mol. The molecule has 0 aliphatic heterocycles. The Morgan fingerprint density at radius 2 is 2.00 bits per heavy atom. The number of hydrogen-bond donors (Lipinski definition) is 1. The van der Waals surface area contributed by atoms with Gasteiger partial charge in [-0.25, -0.2) is 0 Å². The van der Waals surface area contributed by atoms with Gasteiger partial charge < -0.3 is 0 Å². The monoisotopic (exact) mass is 354 g/mol. The number of rotatable bonds is 8. The first-order chi connectivity index (χ1) is 9.51. The molecule has 0 heterocycles. The van der Waals surface area contributed by atoms with Crippen molar-refractivity contribution in [1.29, 1.82) is 5.26 Å². The van der Waals surface area contributed by atoms with Crippen molar-refractivity contribution in [3.8, 4) is 6.07 Å². The van der Waals surface area contributed by atoms with Gasteiger partial charge in [-0.3, -0.25) is 5.32 Å². The fourth-order valence-electron chi connectivity index (χ4n) is 2.17. The van der Waals surface area contributed by atoms with Crippen LogP contribution < -0.4 is 5.32 Å². The number of nitriles is 1. The van der Waals surface area contributed by atoms with Crippen LogP contribution in [-0.4, -0.2) is 17.3 Å². The summed E-state index contributed by atoms with van der Waals surface area (Å²) in [5, 5.41) is 12.9. The maximum atomic E-state index is 9.45. The average molecular weight is 355 g/mol. The third-order valence-corrected chi connectivity index (χ3v) is 4.84. The highest BCUT2D eigenvalue weighted by molar-refractivity contribution is 9.10. The van der Waals surface area contributed by atoms with Crippen molar-refractivity contribution < 1.29 is 0 Å². The lowest BCUT2D eigenvalue weighted by atomic mass is 9.91. The van der Waals surface area contributed by atoms with Gasteiger partial charge in [0.15, 0.2) is 0 Å². The van der Waals surface area contributed by atoms with E-state index in [1.54, 1.807) is 0 Å². The zero-order valence-corrected chi connectivity index (χ0v) is 14.9. The summed E-state index contributed by atoms with van der Waals surface area (Å²) in [6.07, 6.45) is 2.80. The fraction of sp³-hybridized carbons (Fsp3) is 0.562. The van der Waals surface area contributed by atoms with Crippen LogP contribution in [-0.2, 0) is 0 Å². The Bertz CT molecular complexity index is 439. The maximum absolute atomic E-state index is 9.45. The molecule has 1 unspecified atom stereocenters. The zero-order valence-electron chi connectivity index (χ0n) is 12.4. The van der Waals surface area contributed by atoms with Gasteiger partial charge in [0.25, 0.3) is 0 Å². The van der Waals surface area contributed by atoms with E-state index < -0.39 is 0 Å². The lowest BCUT2D eigenvalue weighted by molar-refractivity contribution is 0.341. The SMILES string of the molecule is CCC(C#N)(CCCSc1ccc(Br)cc1)NC(C)C. The maximum Gasteiger partial charge on any atom is 0.106 e. The first kappa shape index (κ1) is 17.6. The summed E-state index contributed by atoms with van der Waals surface area (Å²) >= 11 is 5.29. The Kier molecular flexibility index (Phi) is 7.65. The molecule has 20 heavy (non-hydrogen) atoms. The van der Waals surface area contributed by atoms with Gasteiger partial charge in [-0.15, -0.1) is 11.8 Å². The van der Waals surface area contributed by atoms with Crippen LogP contribution in [0.25, 0.3) is 0 Å². The van der Waals surface area contributed by atoms with Gasteiger partial charge >= 0.3 is 0 Å². The Morgan fingerprint density at radius 3 is 2.50 bits per heavy atom. The van der Waals surface area contributed by atoms with Gasteiger partial charge in [0.05, 0.1) is 6.07 Å². The lowest BCUT2D eigenvalue weighted by Crippen LogP contribution is -2.47. The minimum absolute atomic E-state index is 0.341. The predicted octanol–water partition coefficient (Wildman–Crippen LogP) is 4.99. The number of nitrogens with one attached hydrogen (secondary N) is 1. The Morgan fingerprint density at radius 1 is 1.35 bits per heavy atom. The van der Waals surface area contributed by atoms with E-state index in [-0.39, 0.29) is 5.54 Å². The standard InChI is InChI=1S/C16H23BrN2S/c1-4-16(12-18,19-13(2)3)10-5-11-20-15-8-6-14(17)7-9-15/h6-9,13,19H,4-5,10-11H2,1-3H3. The molecule has 4 heteroatoms. The van der Waals surface area contributed by atoms with Gasteiger partial charge in [0, 0.05) is 15.4 Å². The summed E-state index contributed by atoms with van der Waals surface area (Å²) in [5.74, 6) is 1.05. The van der Waals surface area contributed by atoms with Crippen molar-refractivity contribution in [1.82, 2.24) is 5.32 Å². The fourth-order valence-corrected chi connectivity index (χ4v) is 3.28. The van der Waals surface area contributed by atoms with Crippen LogP contribution >= 0.6 is 27.7 Å². The van der Waals surface area contributed by atoms with Gasteiger partial charge in [-0.1, -0.05) is 22.9 Å². The third kappa shape index (κ3) is 5.87. The zero-order chi connectivity index (χ0) is 15.0. The van der Waals surface area contributed by atoms with E-state index in [4.69, 9.17) is 0 Å². The summed E-state index contributed by atoms with van der Waals surface area (Å²) in [5.41, 5.74) is -0.367. The highest BCUT2D eigenvalue weighted by atomic mass is 79.9. The minimum Gasteiger partial charge on any atom is -0.297 e. The van der Waals surface area contributed by atoms with E-state index in [2.05, 4.69) is 72.4 Å². The van der Waals surface area contributed by atoms with E-state index in [9.17, 15) is 5.26 Å². The molecule has 1 rings (SSSR count). The van der Waals surface area contributed by atoms with E-state index in [1.165, 1.54) is 4.90 Å². The molecule has 2 nitrogen and oxygen atoms in total. The van der Waals surface area contributed by atoms with Crippen molar-refractivity contribution in [3.05, 3.63) is 28.7 Å². The topological polar surface area (TPSA) is 35.8 Å². The van der Waals surface area contributed by atoms with Crippen LogP contribution in [0, 0.1) is 11.3 Å². The second kappa shape index (κ2) is 8.71. The van der Waals surface area contributed by atoms with E-state index in [0.717, 1.165) is 29.5 Å². The Labute approximate surface area is 135 Å². The molecular weight excluding hydrogens is 332 g/mol. The molecule has 1 aromatic rings. The van der Waals surface area contributed by atoms with Crippen LogP contribution in [0.2, 0.25) is 0 Å². The summed E-state index contributed by atoms with van der Waals surface area (Å²) in [6.45, 7) is 6.27.